The van der Waals surface area contributed by atoms with Gasteiger partial charge in [0.25, 0.3) is 0 Å². The summed E-state index contributed by atoms with van der Waals surface area (Å²) in [6.07, 6.45) is 1.55. The Morgan fingerprint density at radius 1 is 1.53 bits per heavy atom. The van der Waals surface area contributed by atoms with E-state index in [0.29, 0.717) is 24.8 Å². The summed E-state index contributed by atoms with van der Waals surface area (Å²) < 4.78 is 10.1. The van der Waals surface area contributed by atoms with E-state index < -0.39 is 0 Å². The molecule has 0 aliphatic carbocycles. The number of halogens is 1. The predicted molar refractivity (Wildman–Crippen MR) is 68.6 cm³/mol. The van der Waals surface area contributed by atoms with Crippen LogP contribution in [0, 0.1) is 0 Å². The van der Waals surface area contributed by atoms with Gasteiger partial charge in [0.2, 0.25) is 11.8 Å². The van der Waals surface area contributed by atoms with Crippen molar-refractivity contribution in [1.82, 2.24) is 4.98 Å². The van der Waals surface area contributed by atoms with Crippen molar-refractivity contribution < 1.29 is 14.3 Å². The summed E-state index contributed by atoms with van der Waals surface area (Å²) in [6.45, 7) is 2.72. The third-order valence-corrected chi connectivity index (χ3v) is 2.32. The zero-order valence-corrected chi connectivity index (χ0v) is 11.4. The van der Waals surface area contributed by atoms with Crippen molar-refractivity contribution in [2.45, 2.75) is 11.8 Å². The lowest BCUT2D eigenvalue weighted by Gasteiger charge is -2.07. The number of aromatic nitrogens is 1. The Kier molecular flexibility index (Phi) is 5.93. The number of methoxy groups -OCH3 is 1. The fraction of sp³-hybridized carbons (Fsp3) is 0.455. The monoisotopic (exact) mass is 302 g/mol. The number of nitrogens with zero attached hydrogens (tertiary/aromatic N) is 1. The summed E-state index contributed by atoms with van der Waals surface area (Å²) in [5, 5.41) is 2.71. The van der Waals surface area contributed by atoms with Crippen molar-refractivity contribution in [3.8, 4) is 5.88 Å². The van der Waals surface area contributed by atoms with E-state index in [-0.39, 0.29) is 10.7 Å². The van der Waals surface area contributed by atoms with E-state index in [9.17, 15) is 4.79 Å². The second kappa shape index (κ2) is 7.24. The van der Waals surface area contributed by atoms with Gasteiger partial charge in [-0.05, 0) is 13.0 Å². The highest BCUT2D eigenvalue weighted by molar-refractivity contribution is 9.10. The number of amides is 1. The maximum absolute atomic E-state index is 11.4. The summed E-state index contributed by atoms with van der Waals surface area (Å²) in [6, 6.07) is 3.44. The molecule has 17 heavy (non-hydrogen) atoms. The lowest BCUT2D eigenvalue weighted by atomic mass is 10.4. The van der Waals surface area contributed by atoms with E-state index in [1.54, 1.807) is 32.4 Å². The Morgan fingerprint density at radius 2 is 2.29 bits per heavy atom. The molecule has 0 aliphatic heterocycles. The number of pyridine rings is 1. The molecule has 5 nitrogen and oxygen atoms in total. The van der Waals surface area contributed by atoms with Crippen LogP contribution in [0.15, 0.2) is 18.3 Å². The molecule has 6 heteroatoms. The maximum atomic E-state index is 11.4. The average molecular weight is 303 g/mol. The molecule has 0 saturated heterocycles. The molecule has 0 saturated carbocycles. The van der Waals surface area contributed by atoms with Crippen molar-refractivity contribution in [2.75, 3.05) is 25.6 Å². The molecule has 1 N–H and O–H groups in total. The quantitative estimate of drug-likeness (QED) is 0.643. The van der Waals surface area contributed by atoms with Crippen molar-refractivity contribution >= 4 is 27.5 Å². The van der Waals surface area contributed by atoms with Crippen LogP contribution < -0.4 is 10.1 Å². The van der Waals surface area contributed by atoms with E-state index >= 15 is 0 Å². The van der Waals surface area contributed by atoms with Crippen molar-refractivity contribution in [1.29, 1.82) is 0 Å². The van der Waals surface area contributed by atoms with Crippen LogP contribution in [0.5, 0.6) is 5.88 Å². The summed E-state index contributed by atoms with van der Waals surface area (Å²) in [5.41, 5.74) is 0.639. The third-order valence-electron chi connectivity index (χ3n) is 1.90. The molecule has 0 spiro atoms. The highest BCUT2D eigenvalue weighted by Crippen LogP contribution is 2.12. The first-order valence-corrected chi connectivity index (χ1v) is 6.07. The normalized spacial score (nSPS) is 11.9. The largest absolute Gasteiger partial charge is 0.475 e. The molecule has 1 heterocycles. The van der Waals surface area contributed by atoms with E-state index in [0.717, 1.165) is 0 Å². The summed E-state index contributed by atoms with van der Waals surface area (Å²) in [4.78, 5) is 15.2. The average Bonchev–Trinajstić information content (AvgIpc) is 2.31. The van der Waals surface area contributed by atoms with E-state index in [4.69, 9.17) is 9.47 Å². The number of nitrogens with one attached hydrogen (secondary N) is 1. The van der Waals surface area contributed by atoms with Gasteiger partial charge < -0.3 is 14.8 Å². The van der Waals surface area contributed by atoms with Crippen molar-refractivity contribution in [3.63, 3.8) is 0 Å². The number of hydrogen-bond acceptors (Lipinski definition) is 4. The molecule has 1 aromatic heterocycles. The Hall–Kier alpha value is -1.14. The van der Waals surface area contributed by atoms with E-state index in [1.807, 2.05) is 0 Å². The van der Waals surface area contributed by atoms with Crippen LogP contribution in [0.2, 0.25) is 0 Å². The lowest BCUT2D eigenvalue weighted by molar-refractivity contribution is -0.115. The number of carbonyl (C=O) groups is 1. The van der Waals surface area contributed by atoms with Crippen LogP contribution in [0.25, 0.3) is 0 Å². The molecule has 1 amide bonds. The zero-order valence-electron chi connectivity index (χ0n) is 9.77. The molecule has 1 atom stereocenters. The van der Waals surface area contributed by atoms with Crippen molar-refractivity contribution in [3.05, 3.63) is 18.3 Å². The number of hydrogen-bond donors (Lipinski definition) is 1. The van der Waals surface area contributed by atoms with Gasteiger partial charge in [-0.15, -0.1) is 0 Å². The first-order chi connectivity index (χ1) is 8.13. The van der Waals surface area contributed by atoms with Gasteiger partial charge >= 0.3 is 0 Å². The number of carbonyl (C=O) groups excluding carboxylic acids is 1. The Morgan fingerprint density at radius 3 is 2.82 bits per heavy atom. The van der Waals surface area contributed by atoms with Gasteiger partial charge in [-0.25, -0.2) is 4.98 Å². The van der Waals surface area contributed by atoms with Gasteiger partial charge in [-0.3, -0.25) is 4.79 Å². The predicted octanol–water partition coefficient (Wildman–Crippen LogP) is 1.83. The smallest absolute Gasteiger partial charge is 0.237 e. The lowest BCUT2D eigenvalue weighted by Crippen LogP contribution is -2.19. The minimum Gasteiger partial charge on any atom is -0.475 e. The fourth-order valence-electron chi connectivity index (χ4n) is 1.01. The number of anilines is 1. The molecular weight excluding hydrogens is 288 g/mol. The highest BCUT2D eigenvalue weighted by atomic mass is 79.9. The minimum atomic E-state index is -0.236. The summed E-state index contributed by atoms with van der Waals surface area (Å²) in [5.74, 6) is 0.395. The molecular formula is C11H15BrN2O3. The van der Waals surface area contributed by atoms with Crippen LogP contribution in [0.4, 0.5) is 5.69 Å². The number of alkyl halides is 1. The van der Waals surface area contributed by atoms with Gasteiger partial charge in [-0.1, -0.05) is 15.9 Å². The number of ether oxygens (including phenoxy) is 2. The molecule has 0 aromatic carbocycles. The van der Waals surface area contributed by atoms with Gasteiger partial charge in [-0.2, -0.15) is 0 Å². The minimum absolute atomic E-state index is 0.111. The van der Waals surface area contributed by atoms with Crippen LogP contribution >= 0.6 is 15.9 Å². The molecule has 1 aromatic rings. The van der Waals surface area contributed by atoms with Crippen LogP contribution in [0.3, 0.4) is 0 Å². The second-order valence-electron chi connectivity index (χ2n) is 3.33. The van der Waals surface area contributed by atoms with Crippen LogP contribution in [-0.2, 0) is 9.53 Å². The zero-order chi connectivity index (χ0) is 12.7. The standard InChI is InChI=1S/C11H15BrN2O3/c1-8(12)11(15)14-9-3-4-10(13-7-9)17-6-5-16-2/h3-4,7-8H,5-6H2,1-2H3,(H,14,15). The summed E-state index contributed by atoms with van der Waals surface area (Å²) >= 11 is 3.18. The molecule has 0 aliphatic rings. The number of rotatable bonds is 6. The van der Waals surface area contributed by atoms with Gasteiger partial charge in [0.1, 0.15) is 6.61 Å². The van der Waals surface area contributed by atoms with Gasteiger partial charge in [0.05, 0.1) is 23.3 Å². The first kappa shape index (κ1) is 13.9. The molecule has 1 rings (SSSR count). The summed E-state index contributed by atoms with van der Waals surface area (Å²) in [7, 11) is 1.61. The fourth-order valence-corrected chi connectivity index (χ4v) is 1.13. The molecule has 0 fully saturated rings. The molecule has 94 valence electrons. The van der Waals surface area contributed by atoms with E-state index in [2.05, 4.69) is 26.2 Å². The van der Waals surface area contributed by atoms with E-state index in [1.165, 1.54) is 0 Å². The first-order valence-electron chi connectivity index (χ1n) is 5.16. The van der Waals surface area contributed by atoms with Gasteiger partial charge in [0.15, 0.2) is 0 Å². The molecule has 1 unspecified atom stereocenters. The van der Waals surface area contributed by atoms with Crippen LogP contribution in [-0.4, -0.2) is 36.0 Å². The topological polar surface area (TPSA) is 60.5 Å². The van der Waals surface area contributed by atoms with Crippen LogP contribution in [0.1, 0.15) is 6.92 Å². The third kappa shape index (κ3) is 5.14. The Labute approximate surface area is 109 Å². The highest BCUT2D eigenvalue weighted by Gasteiger charge is 2.08. The molecule has 0 radical (unpaired) electrons. The SMILES string of the molecule is COCCOc1ccc(NC(=O)C(C)Br)cn1. The van der Waals surface area contributed by atoms with Crippen molar-refractivity contribution in [2.24, 2.45) is 0 Å². The Bertz CT molecular complexity index is 354. The maximum Gasteiger partial charge on any atom is 0.237 e. The Balaban J connectivity index is 2.47. The molecule has 0 bridgehead atoms. The van der Waals surface area contributed by atoms with Gasteiger partial charge in [0, 0.05) is 13.2 Å². The second-order valence-corrected chi connectivity index (χ2v) is 4.71.